The molecule has 4 aliphatic rings. The molecule has 0 saturated heterocycles. The monoisotopic (exact) mass is 486 g/mol. The Morgan fingerprint density at radius 2 is 1.86 bits per heavy atom. The van der Waals surface area contributed by atoms with Gasteiger partial charge in [-0.25, -0.2) is 9.31 Å². The van der Waals surface area contributed by atoms with E-state index in [9.17, 15) is 14.7 Å². The first-order valence-electron chi connectivity index (χ1n) is 12.3. The van der Waals surface area contributed by atoms with Crippen molar-refractivity contribution in [3.63, 3.8) is 0 Å². The Labute approximate surface area is 207 Å². The first kappa shape index (κ1) is 22.5. The van der Waals surface area contributed by atoms with E-state index >= 15 is 0 Å². The first-order chi connectivity index (χ1) is 17.4. The fraction of sp³-hybridized carbons (Fsp3) is 0.423. The van der Waals surface area contributed by atoms with Crippen LogP contribution in [0.1, 0.15) is 67.3 Å². The zero-order valence-electron chi connectivity index (χ0n) is 19.7. The van der Waals surface area contributed by atoms with Crippen molar-refractivity contribution in [3.05, 3.63) is 47.8 Å². The number of nitrogens with one attached hydrogen (secondary N) is 2. The van der Waals surface area contributed by atoms with Crippen molar-refractivity contribution in [1.29, 1.82) is 5.26 Å². The van der Waals surface area contributed by atoms with Crippen molar-refractivity contribution in [3.8, 4) is 17.5 Å². The SMILES string of the molecule is N#Cc1cnn2c(-c3cc(NC45CCC(O)(CC4)CC5)c(C(=O)NOC(=O)C4CC4)cn3)ccc2c1. The molecule has 3 N–H and O–H groups in total. The van der Waals surface area contributed by atoms with Gasteiger partial charge in [0.1, 0.15) is 6.07 Å². The van der Waals surface area contributed by atoms with Crippen molar-refractivity contribution < 1.29 is 19.5 Å². The minimum absolute atomic E-state index is 0.137. The highest BCUT2D eigenvalue weighted by molar-refractivity contribution is 6.00. The third-order valence-electron chi connectivity index (χ3n) is 7.80. The average molecular weight is 487 g/mol. The van der Waals surface area contributed by atoms with Crippen LogP contribution in [0.4, 0.5) is 5.69 Å². The molecule has 0 spiro atoms. The first-order valence-corrected chi connectivity index (χ1v) is 12.3. The Kier molecular flexibility index (Phi) is 5.19. The molecule has 0 atom stereocenters. The molecule has 4 fully saturated rings. The lowest BCUT2D eigenvalue weighted by Crippen LogP contribution is -2.54. The largest absolute Gasteiger partial charge is 0.390 e. The Balaban J connectivity index is 1.34. The van der Waals surface area contributed by atoms with E-state index in [0.717, 1.165) is 37.6 Å². The molecule has 10 nitrogen and oxygen atoms in total. The maximum absolute atomic E-state index is 13.0. The number of hydrogen-bond donors (Lipinski definition) is 3. The molecular formula is C26H26N6O4. The minimum atomic E-state index is -0.581. The summed E-state index contributed by atoms with van der Waals surface area (Å²) in [4.78, 5) is 34.5. The summed E-state index contributed by atoms with van der Waals surface area (Å²) >= 11 is 0. The van der Waals surface area contributed by atoms with E-state index in [1.807, 2.05) is 18.2 Å². The van der Waals surface area contributed by atoms with Crippen molar-refractivity contribution in [2.45, 2.75) is 62.5 Å². The molecule has 0 radical (unpaired) electrons. The molecule has 184 valence electrons. The molecule has 36 heavy (non-hydrogen) atoms. The Morgan fingerprint density at radius 3 is 2.56 bits per heavy atom. The lowest BCUT2D eigenvalue weighted by Gasteiger charge is -2.51. The normalized spacial score (nSPS) is 24.8. The van der Waals surface area contributed by atoms with Crippen LogP contribution in [-0.2, 0) is 9.63 Å². The highest BCUT2D eigenvalue weighted by Crippen LogP contribution is 2.48. The van der Waals surface area contributed by atoms with Crippen LogP contribution < -0.4 is 10.8 Å². The summed E-state index contributed by atoms with van der Waals surface area (Å²) < 4.78 is 1.70. The molecule has 0 aromatic carbocycles. The predicted molar refractivity (Wildman–Crippen MR) is 128 cm³/mol. The summed E-state index contributed by atoms with van der Waals surface area (Å²) in [6.07, 6.45) is 9.06. The number of hydroxylamine groups is 1. The summed E-state index contributed by atoms with van der Waals surface area (Å²) in [5.74, 6) is -1.12. The second-order valence-corrected chi connectivity index (χ2v) is 10.3. The van der Waals surface area contributed by atoms with Crippen LogP contribution >= 0.6 is 0 Å². The van der Waals surface area contributed by atoms with Gasteiger partial charge in [0.05, 0.1) is 51.4 Å². The van der Waals surface area contributed by atoms with Crippen LogP contribution in [0.2, 0.25) is 0 Å². The van der Waals surface area contributed by atoms with Gasteiger partial charge in [-0.05, 0) is 75.6 Å². The van der Waals surface area contributed by atoms with Crippen molar-refractivity contribution >= 4 is 23.1 Å². The number of carbonyl (C=O) groups excluding carboxylic acids is 2. The van der Waals surface area contributed by atoms with Crippen LogP contribution in [0.15, 0.2) is 36.7 Å². The number of carbonyl (C=O) groups is 2. The number of hydrogen-bond acceptors (Lipinski definition) is 8. The van der Waals surface area contributed by atoms with Crippen LogP contribution in [0.3, 0.4) is 0 Å². The summed E-state index contributed by atoms with van der Waals surface area (Å²) in [6, 6.07) is 9.37. The van der Waals surface area contributed by atoms with Gasteiger partial charge in [0.2, 0.25) is 0 Å². The number of fused-ring (bicyclic) bond motifs is 4. The van der Waals surface area contributed by atoms with Gasteiger partial charge in [0, 0.05) is 11.7 Å². The van der Waals surface area contributed by atoms with E-state index in [1.165, 1.54) is 12.4 Å². The Bertz CT molecular complexity index is 1400. The fourth-order valence-electron chi connectivity index (χ4n) is 5.33. The predicted octanol–water partition coefficient (Wildman–Crippen LogP) is 3.12. The number of aliphatic hydroxyl groups is 1. The number of nitrogens with zero attached hydrogens (tertiary/aromatic N) is 4. The van der Waals surface area contributed by atoms with Crippen LogP contribution in [0.5, 0.6) is 0 Å². The van der Waals surface area contributed by atoms with Gasteiger partial charge < -0.3 is 15.3 Å². The lowest BCUT2D eigenvalue weighted by molar-refractivity contribution is -0.150. The van der Waals surface area contributed by atoms with E-state index in [2.05, 4.69) is 26.9 Å². The van der Waals surface area contributed by atoms with E-state index in [1.54, 1.807) is 10.6 Å². The maximum Gasteiger partial charge on any atom is 0.335 e. The van der Waals surface area contributed by atoms with Gasteiger partial charge in [-0.15, -0.1) is 0 Å². The van der Waals surface area contributed by atoms with Gasteiger partial charge in [0.15, 0.2) is 0 Å². The summed E-state index contributed by atoms with van der Waals surface area (Å²) in [5, 5.41) is 27.8. The Hall–Kier alpha value is -3.97. The van der Waals surface area contributed by atoms with Crippen LogP contribution in [0, 0.1) is 17.2 Å². The highest BCUT2D eigenvalue weighted by Gasteiger charge is 2.48. The quantitative estimate of drug-likeness (QED) is 0.467. The number of rotatable bonds is 5. The number of pyridine rings is 1. The standard InChI is InChI=1S/C26H26N6O4/c27-13-16-11-18-3-4-22(32(18)29-14-16)21-12-20(30-25-5-8-26(35,9-6-25)10-7-25)19(15-28-21)23(33)31-36-24(34)17-1-2-17/h3-4,11-12,14-15,17,35H,1-2,5-10H2,(H,28,30)(H,31,33). The molecular weight excluding hydrogens is 460 g/mol. The van der Waals surface area contributed by atoms with Crippen molar-refractivity contribution in [1.82, 2.24) is 20.1 Å². The van der Waals surface area contributed by atoms with Crippen molar-refractivity contribution in [2.75, 3.05) is 5.32 Å². The second-order valence-electron chi connectivity index (χ2n) is 10.3. The van der Waals surface area contributed by atoms with Gasteiger partial charge >= 0.3 is 5.97 Å². The van der Waals surface area contributed by atoms with Gasteiger partial charge in [0.25, 0.3) is 5.91 Å². The van der Waals surface area contributed by atoms with E-state index in [-0.39, 0.29) is 17.0 Å². The van der Waals surface area contributed by atoms with Crippen molar-refractivity contribution in [2.24, 2.45) is 5.92 Å². The number of nitriles is 1. The maximum atomic E-state index is 13.0. The minimum Gasteiger partial charge on any atom is -0.390 e. The third kappa shape index (κ3) is 4.05. The summed E-state index contributed by atoms with van der Waals surface area (Å²) in [6.45, 7) is 0. The summed E-state index contributed by atoms with van der Waals surface area (Å²) in [7, 11) is 0. The van der Waals surface area contributed by atoms with Gasteiger partial charge in [-0.2, -0.15) is 15.8 Å². The third-order valence-corrected chi connectivity index (χ3v) is 7.80. The van der Waals surface area contributed by atoms with E-state index in [0.29, 0.717) is 41.9 Å². The lowest BCUT2D eigenvalue weighted by atomic mass is 9.63. The fourth-order valence-corrected chi connectivity index (χ4v) is 5.33. The van der Waals surface area contributed by atoms with E-state index < -0.39 is 17.5 Å². The van der Waals surface area contributed by atoms with Crippen LogP contribution in [-0.4, -0.2) is 42.7 Å². The highest BCUT2D eigenvalue weighted by atomic mass is 16.7. The molecule has 3 aromatic heterocycles. The molecule has 10 heteroatoms. The topological polar surface area (TPSA) is 142 Å². The molecule has 2 bridgehead atoms. The molecule has 0 aliphatic heterocycles. The van der Waals surface area contributed by atoms with Crippen LogP contribution in [0.25, 0.3) is 16.9 Å². The molecule has 4 aliphatic carbocycles. The second kappa shape index (κ2) is 8.31. The number of anilines is 1. The van der Waals surface area contributed by atoms with Gasteiger partial charge in [-0.1, -0.05) is 0 Å². The van der Waals surface area contributed by atoms with Gasteiger partial charge in [-0.3, -0.25) is 9.78 Å². The molecule has 3 heterocycles. The number of amides is 1. The number of aromatic nitrogens is 3. The smallest absolute Gasteiger partial charge is 0.335 e. The molecule has 3 aromatic rings. The molecule has 0 unspecified atom stereocenters. The van der Waals surface area contributed by atoms with E-state index in [4.69, 9.17) is 10.1 Å². The Morgan fingerprint density at radius 1 is 1.11 bits per heavy atom. The molecule has 7 rings (SSSR count). The zero-order valence-corrected chi connectivity index (χ0v) is 19.7. The summed E-state index contributed by atoms with van der Waals surface area (Å²) in [5.41, 5.74) is 4.85. The molecule has 4 saturated carbocycles. The molecule has 1 amide bonds. The average Bonchev–Trinajstić information content (AvgIpc) is 3.67. The zero-order chi connectivity index (χ0) is 24.9.